The Hall–Kier alpha value is -2.96. The molecule has 0 fully saturated rings. The van der Waals surface area contributed by atoms with Crippen LogP contribution in [0.15, 0.2) is 71.6 Å². The van der Waals surface area contributed by atoms with E-state index in [0.29, 0.717) is 10.7 Å². The molecule has 2 amide bonds. The van der Waals surface area contributed by atoms with E-state index in [4.69, 9.17) is 16.3 Å². The first-order chi connectivity index (χ1) is 15.4. The van der Waals surface area contributed by atoms with Gasteiger partial charge in [-0.3, -0.25) is 9.59 Å². The summed E-state index contributed by atoms with van der Waals surface area (Å²) in [6.07, 6.45) is 0.287. The average molecular weight is 467 g/mol. The van der Waals surface area contributed by atoms with Crippen LogP contribution in [0.4, 0.5) is 11.4 Å². The number of para-hydroxylation sites is 1. The van der Waals surface area contributed by atoms with Crippen molar-refractivity contribution < 1.29 is 14.3 Å². The largest absolute Gasteiger partial charge is 0.497 e. The van der Waals surface area contributed by atoms with Crippen molar-refractivity contribution in [1.29, 1.82) is 0 Å². The number of aryl methyl sites for hydroxylation is 1. The number of ether oxygens (including phenoxy) is 1. The van der Waals surface area contributed by atoms with E-state index >= 15 is 0 Å². The molecular weight excluding hydrogens is 444 g/mol. The summed E-state index contributed by atoms with van der Waals surface area (Å²) in [4.78, 5) is 28.6. The Balaban J connectivity index is 1.56. The van der Waals surface area contributed by atoms with Crippen LogP contribution in [-0.4, -0.2) is 25.5 Å². The van der Waals surface area contributed by atoms with Gasteiger partial charge in [-0.05, 0) is 54.4 Å². The van der Waals surface area contributed by atoms with E-state index in [1.54, 1.807) is 35.9 Å². The molecule has 4 rings (SSSR count). The number of fused-ring (bicyclic) bond motifs is 1. The molecular formula is C25H23ClN2O3S. The Labute approximate surface area is 196 Å². The maximum Gasteiger partial charge on any atom is 0.244 e. The highest BCUT2D eigenvalue weighted by Gasteiger charge is 2.30. The highest BCUT2D eigenvalue weighted by atomic mass is 35.5. The summed E-state index contributed by atoms with van der Waals surface area (Å²) in [5.41, 5.74) is 3.32. The van der Waals surface area contributed by atoms with Crippen molar-refractivity contribution in [2.24, 2.45) is 0 Å². The Morgan fingerprint density at radius 3 is 2.62 bits per heavy atom. The lowest BCUT2D eigenvalue weighted by Crippen LogP contribution is -2.38. The summed E-state index contributed by atoms with van der Waals surface area (Å²) in [6.45, 7) is 1.83. The standard InChI is InChI=1S/C25H23ClN2O3S/c1-16-7-10-18(13-20(16)26)27-24(29)15-28-21-5-3-4-6-22(21)32-23(14-25(28)30)17-8-11-19(31-2)12-9-17/h3-13,23H,14-15H2,1-2H3,(H,27,29)/t23-/m1/s1. The molecule has 0 bridgehead atoms. The van der Waals surface area contributed by atoms with Crippen LogP contribution in [0.25, 0.3) is 0 Å². The third-order valence-electron chi connectivity index (χ3n) is 5.33. The molecule has 32 heavy (non-hydrogen) atoms. The molecule has 0 aromatic heterocycles. The van der Waals surface area contributed by atoms with Crippen LogP contribution in [0, 0.1) is 6.92 Å². The molecule has 1 atom stereocenters. The van der Waals surface area contributed by atoms with E-state index in [2.05, 4.69) is 5.32 Å². The van der Waals surface area contributed by atoms with Gasteiger partial charge in [0, 0.05) is 27.3 Å². The van der Waals surface area contributed by atoms with Gasteiger partial charge in [0.05, 0.1) is 12.8 Å². The summed E-state index contributed by atoms with van der Waals surface area (Å²) < 4.78 is 5.25. The minimum absolute atomic E-state index is 0.0569. The number of thioether (sulfide) groups is 1. The van der Waals surface area contributed by atoms with Crippen molar-refractivity contribution in [2.75, 3.05) is 23.9 Å². The van der Waals surface area contributed by atoms with Crippen LogP contribution in [0.5, 0.6) is 5.75 Å². The van der Waals surface area contributed by atoms with Crippen molar-refractivity contribution in [2.45, 2.75) is 23.5 Å². The van der Waals surface area contributed by atoms with E-state index in [9.17, 15) is 9.59 Å². The second-order valence-electron chi connectivity index (χ2n) is 7.54. The third-order valence-corrected chi connectivity index (χ3v) is 7.06. The maximum atomic E-state index is 13.3. The molecule has 164 valence electrons. The van der Waals surface area contributed by atoms with Crippen LogP contribution < -0.4 is 15.0 Å². The van der Waals surface area contributed by atoms with Crippen molar-refractivity contribution in [3.8, 4) is 5.75 Å². The van der Waals surface area contributed by atoms with Crippen molar-refractivity contribution >= 4 is 46.6 Å². The number of carbonyl (C=O) groups excluding carboxylic acids is 2. The number of amides is 2. The number of halogens is 1. The molecule has 0 spiro atoms. The number of anilines is 2. The van der Waals surface area contributed by atoms with Crippen molar-refractivity contribution in [3.05, 3.63) is 82.9 Å². The van der Waals surface area contributed by atoms with E-state index in [1.807, 2.05) is 61.5 Å². The number of carbonyl (C=O) groups is 2. The number of hydrogen-bond donors (Lipinski definition) is 1. The summed E-state index contributed by atoms with van der Waals surface area (Å²) in [6, 6.07) is 20.8. The lowest BCUT2D eigenvalue weighted by molar-refractivity contribution is -0.121. The summed E-state index contributed by atoms with van der Waals surface area (Å²) in [5, 5.41) is 3.37. The normalized spacial score (nSPS) is 15.7. The van der Waals surface area contributed by atoms with Crippen LogP contribution in [-0.2, 0) is 9.59 Å². The van der Waals surface area contributed by atoms with E-state index < -0.39 is 0 Å². The van der Waals surface area contributed by atoms with Gasteiger partial charge in [-0.25, -0.2) is 0 Å². The summed E-state index contributed by atoms with van der Waals surface area (Å²) >= 11 is 7.80. The number of nitrogens with zero attached hydrogens (tertiary/aromatic N) is 1. The Kier molecular flexibility index (Phi) is 6.72. The summed E-state index contributed by atoms with van der Waals surface area (Å²) in [7, 11) is 1.63. The number of methoxy groups -OCH3 is 1. The van der Waals surface area contributed by atoms with Gasteiger partial charge in [-0.15, -0.1) is 11.8 Å². The number of rotatable bonds is 5. The van der Waals surface area contributed by atoms with Gasteiger partial charge in [0.1, 0.15) is 12.3 Å². The second kappa shape index (κ2) is 9.67. The predicted molar refractivity (Wildman–Crippen MR) is 130 cm³/mol. The third kappa shape index (κ3) is 4.92. The molecule has 3 aromatic carbocycles. The van der Waals surface area contributed by atoms with E-state index in [1.165, 1.54) is 0 Å². The van der Waals surface area contributed by atoms with Crippen LogP contribution >= 0.6 is 23.4 Å². The van der Waals surface area contributed by atoms with Crippen molar-refractivity contribution in [1.82, 2.24) is 0 Å². The fourth-order valence-electron chi connectivity index (χ4n) is 3.57. The van der Waals surface area contributed by atoms with Crippen LogP contribution in [0.3, 0.4) is 0 Å². The Bertz CT molecular complexity index is 1150. The minimum atomic E-state index is -0.277. The van der Waals surface area contributed by atoms with Gasteiger partial charge in [0.25, 0.3) is 0 Å². The molecule has 1 aliphatic rings. The van der Waals surface area contributed by atoms with E-state index in [-0.39, 0.29) is 30.0 Å². The second-order valence-corrected chi connectivity index (χ2v) is 9.20. The number of hydrogen-bond acceptors (Lipinski definition) is 4. The highest BCUT2D eigenvalue weighted by Crippen LogP contribution is 2.45. The zero-order chi connectivity index (χ0) is 22.7. The number of benzene rings is 3. The van der Waals surface area contributed by atoms with E-state index in [0.717, 1.165) is 27.5 Å². The Morgan fingerprint density at radius 1 is 1.16 bits per heavy atom. The van der Waals surface area contributed by atoms with Gasteiger partial charge >= 0.3 is 0 Å². The molecule has 0 unspecified atom stereocenters. The topological polar surface area (TPSA) is 58.6 Å². The zero-order valence-electron chi connectivity index (χ0n) is 17.8. The summed E-state index contributed by atoms with van der Waals surface area (Å²) in [5.74, 6) is 0.398. The fraction of sp³-hybridized carbons (Fsp3) is 0.200. The monoisotopic (exact) mass is 466 g/mol. The predicted octanol–water partition coefficient (Wildman–Crippen LogP) is 5.87. The van der Waals surface area contributed by atoms with Gasteiger partial charge in [-0.2, -0.15) is 0 Å². The minimum Gasteiger partial charge on any atom is -0.497 e. The maximum absolute atomic E-state index is 13.3. The fourth-order valence-corrected chi connectivity index (χ4v) is 5.03. The van der Waals surface area contributed by atoms with Gasteiger partial charge in [0.2, 0.25) is 11.8 Å². The zero-order valence-corrected chi connectivity index (χ0v) is 19.4. The van der Waals surface area contributed by atoms with Gasteiger partial charge in [-0.1, -0.05) is 41.9 Å². The SMILES string of the molecule is COc1ccc([C@H]2CC(=O)N(CC(=O)Nc3ccc(C)c(Cl)c3)c3ccccc3S2)cc1. The first kappa shape index (κ1) is 22.2. The van der Waals surface area contributed by atoms with Gasteiger partial charge in [0.15, 0.2) is 0 Å². The molecule has 1 heterocycles. The Morgan fingerprint density at radius 2 is 1.91 bits per heavy atom. The molecule has 3 aromatic rings. The van der Waals surface area contributed by atoms with Crippen LogP contribution in [0.2, 0.25) is 5.02 Å². The first-order valence-corrected chi connectivity index (χ1v) is 11.5. The molecule has 5 nitrogen and oxygen atoms in total. The van der Waals surface area contributed by atoms with Crippen molar-refractivity contribution in [3.63, 3.8) is 0 Å². The quantitative estimate of drug-likeness (QED) is 0.511. The van der Waals surface area contributed by atoms with Crippen LogP contribution in [0.1, 0.15) is 22.8 Å². The lowest BCUT2D eigenvalue weighted by Gasteiger charge is -2.22. The van der Waals surface area contributed by atoms with Gasteiger partial charge < -0.3 is 15.0 Å². The molecule has 7 heteroatoms. The highest BCUT2D eigenvalue weighted by molar-refractivity contribution is 7.99. The average Bonchev–Trinajstić information content (AvgIpc) is 2.93. The molecule has 0 radical (unpaired) electrons. The molecule has 1 N–H and O–H groups in total. The molecule has 0 saturated heterocycles. The molecule has 1 aliphatic heterocycles. The smallest absolute Gasteiger partial charge is 0.244 e. The molecule has 0 aliphatic carbocycles. The number of nitrogens with one attached hydrogen (secondary N) is 1. The lowest BCUT2D eigenvalue weighted by atomic mass is 10.1. The first-order valence-electron chi connectivity index (χ1n) is 10.2. The molecule has 0 saturated carbocycles.